The summed E-state index contributed by atoms with van der Waals surface area (Å²) < 4.78 is 5.13. The summed E-state index contributed by atoms with van der Waals surface area (Å²) in [6.07, 6.45) is 2.50. The van der Waals surface area contributed by atoms with Gasteiger partial charge in [-0.05, 0) is 50.8 Å². The van der Waals surface area contributed by atoms with Gasteiger partial charge in [0.25, 0.3) is 0 Å². The molecule has 0 atom stereocenters. The molecule has 0 aliphatic rings. The molecule has 0 fully saturated rings. The second-order valence-electron chi connectivity index (χ2n) is 6.77. The van der Waals surface area contributed by atoms with Crippen LogP contribution in [0.25, 0.3) is 0 Å². The highest BCUT2D eigenvalue weighted by Crippen LogP contribution is 2.20. The Labute approximate surface area is 151 Å². The van der Waals surface area contributed by atoms with E-state index in [0.717, 1.165) is 24.2 Å². The number of nitrogens with one attached hydrogen (secondary N) is 1. The van der Waals surface area contributed by atoms with Gasteiger partial charge in [-0.3, -0.25) is 9.59 Å². The smallest absolute Gasteiger partial charge is 0.237 e. The molecule has 140 valence electrons. The average molecular weight is 348 g/mol. The number of hydrogen-bond acceptors (Lipinski definition) is 3. The minimum absolute atomic E-state index is 0.0989. The molecule has 25 heavy (non-hydrogen) atoms. The van der Waals surface area contributed by atoms with Crippen LogP contribution in [-0.2, 0) is 16.0 Å². The quantitative estimate of drug-likeness (QED) is 0.661. The normalized spacial score (nSPS) is 11.1. The van der Waals surface area contributed by atoms with Gasteiger partial charge in [-0.2, -0.15) is 0 Å². The van der Waals surface area contributed by atoms with Crippen molar-refractivity contribution in [1.29, 1.82) is 0 Å². The van der Waals surface area contributed by atoms with Crippen LogP contribution in [0, 0.1) is 5.41 Å². The predicted molar refractivity (Wildman–Crippen MR) is 101 cm³/mol. The number of nitrogens with zero attached hydrogens (tertiary/aromatic N) is 1. The second-order valence-corrected chi connectivity index (χ2v) is 6.77. The summed E-state index contributed by atoms with van der Waals surface area (Å²) in [6.45, 7) is 9.37. The lowest BCUT2D eigenvalue weighted by Crippen LogP contribution is -2.50. The fourth-order valence-corrected chi connectivity index (χ4v) is 2.68. The van der Waals surface area contributed by atoms with Gasteiger partial charge >= 0.3 is 0 Å². The van der Waals surface area contributed by atoms with Crippen molar-refractivity contribution < 1.29 is 14.3 Å². The highest BCUT2D eigenvalue weighted by atomic mass is 16.5. The number of carbonyl (C=O) groups excluding carboxylic acids is 2. The molecule has 2 amide bonds. The van der Waals surface area contributed by atoms with E-state index in [0.29, 0.717) is 26.1 Å². The summed E-state index contributed by atoms with van der Waals surface area (Å²) in [7, 11) is 1.63. The number of methoxy groups -OCH3 is 1. The topological polar surface area (TPSA) is 58.6 Å². The van der Waals surface area contributed by atoms with E-state index >= 15 is 0 Å². The van der Waals surface area contributed by atoms with E-state index in [1.165, 1.54) is 0 Å². The van der Waals surface area contributed by atoms with Gasteiger partial charge in [0.1, 0.15) is 11.2 Å². The fourth-order valence-electron chi connectivity index (χ4n) is 2.68. The Morgan fingerprint density at radius 2 is 1.64 bits per heavy atom. The minimum atomic E-state index is -1.05. The minimum Gasteiger partial charge on any atom is -0.497 e. The van der Waals surface area contributed by atoms with Gasteiger partial charge in [-0.15, -0.1) is 0 Å². The second kappa shape index (κ2) is 10.1. The Morgan fingerprint density at radius 3 is 2.12 bits per heavy atom. The van der Waals surface area contributed by atoms with Crippen molar-refractivity contribution in [3.63, 3.8) is 0 Å². The van der Waals surface area contributed by atoms with Gasteiger partial charge in [0, 0.05) is 19.6 Å². The molecule has 0 saturated heterocycles. The van der Waals surface area contributed by atoms with Crippen LogP contribution in [-0.4, -0.2) is 43.5 Å². The molecule has 1 N–H and O–H groups in total. The zero-order valence-corrected chi connectivity index (χ0v) is 16.2. The van der Waals surface area contributed by atoms with E-state index < -0.39 is 5.41 Å². The standard InChI is InChI=1S/C20H32N2O3/c1-6-14-22(15-7-2)19(24)20(3,4)18(23)21-13-12-16-8-10-17(25-5)11-9-16/h8-11H,6-7,12-15H2,1-5H3,(H,21,23). The molecule has 0 saturated carbocycles. The van der Waals surface area contributed by atoms with E-state index in [2.05, 4.69) is 5.32 Å². The van der Waals surface area contributed by atoms with Crippen LogP contribution in [0.2, 0.25) is 0 Å². The van der Waals surface area contributed by atoms with Gasteiger partial charge in [0.2, 0.25) is 11.8 Å². The third-order valence-electron chi connectivity index (χ3n) is 4.23. The van der Waals surface area contributed by atoms with E-state index in [9.17, 15) is 9.59 Å². The van der Waals surface area contributed by atoms with Crippen LogP contribution >= 0.6 is 0 Å². The molecule has 0 unspecified atom stereocenters. The first-order chi connectivity index (χ1) is 11.9. The Kier molecular flexibility index (Phi) is 8.46. The maximum absolute atomic E-state index is 12.7. The van der Waals surface area contributed by atoms with Crippen LogP contribution in [0.15, 0.2) is 24.3 Å². The van der Waals surface area contributed by atoms with Crippen molar-refractivity contribution in [1.82, 2.24) is 10.2 Å². The SMILES string of the molecule is CCCN(CCC)C(=O)C(C)(C)C(=O)NCCc1ccc(OC)cc1. The third-order valence-corrected chi connectivity index (χ3v) is 4.23. The zero-order chi connectivity index (χ0) is 18.9. The van der Waals surface area contributed by atoms with Crippen molar-refractivity contribution in [3.05, 3.63) is 29.8 Å². The maximum Gasteiger partial charge on any atom is 0.237 e. The summed E-state index contributed by atoms with van der Waals surface area (Å²) in [4.78, 5) is 27.1. The van der Waals surface area contributed by atoms with Crippen LogP contribution in [0.3, 0.4) is 0 Å². The van der Waals surface area contributed by atoms with Crippen molar-refractivity contribution in [2.45, 2.75) is 47.0 Å². The van der Waals surface area contributed by atoms with E-state index in [1.807, 2.05) is 38.1 Å². The summed E-state index contributed by atoms with van der Waals surface area (Å²) in [5.41, 5.74) is 0.0633. The molecule has 0 spiro atoms. The molecular formula is C20H32N2O3. The van der Waals surface area contributed by atoms with Crippen molar-refractivity contribution in [2.75, 3.05) is 26.7 Å². The first kappa shape index (κ1) is 21.0. The molecule has 1 rings (SSSR count). The number of amides is 2. The van der Waals surface area contributed by atoms with Crippen LogP contribution in [0.4, 0.5) is 0 Å². The summed E-state index contributed by atoms with van der Waals surface area (Å²) in [5, 5.41) is 2.90. The van der Waals surface area contributed by atoms with Gasteiger partial charge in [0.05, 0.1) is 7.11 Å². The molecule has 5 nitrogen and oxygen atoms in total. The van der Waals surface area contributed by atoms with Crippen molar-refractivity contribution in [2.24, 2.45) is 5.41 Å². The molecule has 0 heterocycles. The molecule has 1 aromatic carbocycles. The van der Waals surface area contributed by atoms with E-state index in [4.69, 9.17) is 4.74 Å². The van der Waals surface area contributed by atoms with Crippen molar-refractivity contribution in [3.8, 4) is 5.75 Å². The largest absolute Gasteiger partial charge is 0.497 e. The summed E-state index contributed by atoms with van der Waals surface area (Å²) in [5.74, 6) is 0.493. The number of benzene rings is 1. The maximum atomic E-state index is 12.7. The lowest BCUT2D eigenvalue weighted by atomic mass is 9.90. The number of rotatable bonds is 10. The highest BCUT2D eigenvalue weighted by molar-refractivity contribution is 6.04. The van der Waals surface area contributed by atoms with Gasteiger partial charge in [-0.1, -0.05) is 26.0 Å². The molecule has 5 heteroatoms. The Hall–Kier alpha value is -2.04. The Balaban J connectivity index is 2.59. The lowest BCUT2D eigenvalue weighted by Gasteiger charge is -2.30. The summed E-state index contributed by atoms with van der Waals surface area (Å²) in [6, 6.07) is 7.76. The van der Waals surface area contributed by atoms with Gasteiger partial charge in [0.15, 0.2) is 0 Å². The molecular weight excluding hydrogens is 316 g/mol. The molecule has 0 aromatic heterocycles. The predicted octanol–water partition coefficient (Wildman–Crippen LogP) is 3.03. The first-order valence-electron chi connectivity index (χ1n) is 9.07. The Morgan fingerprint density at radius 1 is 1.08 bits per heavy atom. The van der Waals surface area contributed by atoms with Crippen LogP contribution < -0.4 is 10.1 Å². The molecule has 0 bridgehead atoms. The zero-order valence-electron chi connectivity index (χ0n) is 16.2. The van der Waals surface area contributed by atoms with Crippen LogP contribution in [0.1, 0.15) is 46.1 Å². The average Bonchev–Trinajstić information content (AvgIpc) is 2.61. The number of ether oxygens (including phenoxy) is 1. The monoisotopic (exact) mass is 348 g/mol. The number of carbonyl (C=O) groups is 2. The Bertz CT molecular complexity index is 547. The highest BCUT2D eigenvalue weighted by Gasteiger charge is 2.38. The molecule has 0 aliphatic heterocycles. The molecule has 0 radical (unpaired) electrons. The summed E-state index contributed by atoms with van der Waals surface area (Å²) >= 11 is 0. The van der Waals surface area contributed by atoms with E-state index in [1.54, 1.807) is 25.9 Å². The molecule has 1 aromatic rings. The number of hydrogen-bond donors (Lipinski definition) is 1. The fraction of sp³-hybridized carbons (Fsp3) is 0.600. The van der Waals surface area contributed by atoms with Gasteiger partial charge < -0.3 is 15.0 Å². The van der Waals surface area contributed by atoms with E-state index in [-0.39, 0.29) is 11.8 Å². The molecule has 0 aliphatic carbocycles. The first-order valence-corrected chi connectivity index (χ1v) is 9.07. The third kappa shape index (κ3) is 6.07. The lowest BCUT2D eigenvalue weighted by molar-refractivity contribution is -0.148. The van der Waals surface area contributed by atoms with Gasteiger partial charge in [-0.25, -0.2) is 0 Å². The van der Waals surface area contributed by atoms with Crippen LogP contribution in [0.5, 0.6) is 5.75 Å². The van der Waals surface area contributed by atoms with Crippen molar-refractivity contribution >= 4 is 11.8 Å².